The third-order valence-corrected chi connectivity index (χ3v) is 4.11. The molecule has 0 atom stereocenters. The minimum absolute atomic E-state index is 0.440. The highest BCUT2D eigenvalue weighted by molar-refractivity contribution is 5.35. The van der Waals surface area contributed by atoms with E-state index < -0.39 is 0 Å². The maximum Gasteiger partial charge on any atom is 0.120 e. The first-order valence-electron chi connectivity index (χ1n) is 7.23. The molecule has 0 aromatic heterocycles. The Labute approximate surface area is 111 Å². The second-order valence-corrected chi connectivity index (χ2v) is 5.49. The second kappa shape index (κ2) is 6.24. The molecule has 0 unspecified atom stereocenters. The lowest BCUT2D eigenvalue weighted by Crippen LogP contribution is -2.36. The molecule has 0 radical (unpaired) electrons. The normalized spacial score (nSPS) is 17.3. The van der Waals surface area contributed by atoms with E-state index in [4.69, 9.17) is 0 Å². The van der Waals surface area contributed by atoms with Crippen molar-refractivity contribution in [2.45, 2.75) is 58.5 Å². The van der Waals surface area contributed by atoms with Gasteiger partial charge >= 0.3 is 0 Å². The van der Waals surface area contributed by atoms with Gasteiger partial charge in [-0.3, -0.25) is 4.90 Å². The highest BCUT2D eigenvalue weighted by atomic mass is 16.3. The van der Waals surface area contributed by atoms with Crippen LogP contribution in [-0.2, 0) is 6.54 Å². The second-order valence-electron chi connectivity index (χ2n) is 5.49. The average Bonchev–Trinajstić information content (AvgIpc) is 2.41. The Morgan fingerprint density at radius 1 is 1.22 bits per heavy atom. The fraction of sp³-hybridized carbons (Fsp3) is 0.625. The van der Waals surface area contributed by atoms with Gasteiger partial charge in [-0.15, -0.1) is 0 Å². The van der Waals surface area contributed by atoms with Crippen molar-refractivity contribution >= 4 is 0 Å². The van der Waals surface area contributed by atoms with Gasteiger partial charge < -0.3 is 5.11 Å². The van der Waals surface area contributed by atoms with Crippen LogP contribution in [0.25, 0.3) is 0 Å². The molecule has 1 aromatic carbocycles. The third-order valence-electron chi connectivity index (χ3n) is 4.11. The molecule has 1 aromatic rings. The number of aromatic hydroxyl groups is 1. The van der Waals surface area contributed by atoms with Crippen molar-refractivity contribution in [1.29, 1.82) is 0 Å². The summed E-state index contributed by atoms with van der Waals surface area (Å²) in [5, 5.41) is 9.95. The molecule has 2 rings (SSSR count). The number of rotatable bonds is 4. The van der Waals surface area contributed by atoms with Crippen molar-refractivity contribution in [3.63, 3.8) is 0 Å². The standard InChI is InChI=1S/C16H25NO/c1-3-17(15-7-5-4-6-8-15)12-14-11-13(2)9-10-16(14)18/h9-11,15,18H,3-8,12H2,1-2H3. The fourth-order valence-corrected chi connectivity index (χ4v) is 3.01. The van der Waals surface area contributed by atoms with Crippen LogP contribution in [0.3, 0.4) is 0 Å². The zero-order chi connectivity index (χ0) is 13.0. The van der Waals surface area contributed by atoms with E-state index in [0.29, 0.717) is 11.8 Å². The summed E-state index contributed by atoms with van der Waals surface area (Å²) in [6, 6.07) is 6.61. The van der Waals surface area contributed by atoms with Gasteiger partial charge in [-0.1, -0.05) is 43.9 Å². The number of hydrogen-bond donors (Lipinski definition) is 1. The summed E-state index contributed by atoms with van der Waals surface area (Å²) >= 11 is 0. The van der Waals surface area contributed by atoms with Crippen molar-refractivity contribution in [1.82, 2.24) is 4.90 Å². The molecule has 100 valence electrons. The Hall–Kier alpha value is -1.02. The molecule has 0 spiro atoms. The van der Waals surface area contributed by atoms with Crippen molar-refractivity contribution in [2.24, 2.45) is 0 Å². The van der Waals surface area contributed by atoms with E-state index in [9.17, 15) is 5.11 Å². The summed E-state index contributed by atoms with van der Waals surface area (Å²) in [6.07, 6.45) is 6.76. The number of benzene rings is 1. The van der Waals surface area contributed by atoms with Crippen LogP contribution in [0.5, 0.6) is 5.75 Å². The smallest absolute Gasteiger partial charge is 0.120 e. The molecular weight excluding hydrogens is 222 g/mol. The molecule has 0 heterocycles. The Kier molecular flexibility index (Phi) is 4.65. The monoisotopic (exact) mass is 247 g/mol. The zero-order valence-corrected chi connectivity index (χ0v) is 11.7. The van der Waals surface area contributed by atoms with Crippen LogP contribution in [0.1, 0.15) is 50.2 Å². The lowest BCUT2D eigenvalue weighted by Gasteiger charge is -2.33. The predicted octanol–water partition coefficient (Wildman–Crippen LogP) is 3.86. The van der Waals surface area contributed by atoms with Gasteiger partial charge in [-0.25, -0.2) is 0 Å². The highest BCUT2D eigenvalue weighted by Gasteiger charge is 2.20. The minimum Gasteiger partial charge on any atom is -0.508 e. The minimum atomic E-state index is 0.440. The third kappa shape index (κ3) is 3.26. The molecule has 0 bridgehead atoms. The van der Waals surface area contributed by atoms with E-state index in [1.165, 1.54) is 37.7 Å². The maximum absolute atomic E-state index is 9.95. The fourth-order valence-electron chi connectivity index (χ4n) is 3.01. The topological polar surface area (TPSA) is 23.5 Å². The van der Waals surface area contributed by atoms with Crippen molar-refractivity contribution in [3.8, 4) is 5.75 Å². The summed E-state index contributed by atoms with van der Waals surface area (Å²) in [4.78, 5) is 2.52. The first-order valence-corrected chi connectivity index (χ1v) is 7.23. The molecule has 0 saturated heterocycles. The van der Waals surface area contributed by atoms with Crippen LogP contribution in [-0.4, -0.2) is 22.6 Å². The van der Waals surface area contributed by atoms with E-state index in [-0.39, 0.29) is 0 Å². The van der Waals surface area contributed by atoms with E-state index in [1.807, 2.05) is 12.1 Å². The van der Waals surface area contributed by atoms with E-state index >= 15 is 0 Å². The quantitative estimate of drug-likeness (QED) is 0.873. The van der Waals surface area contributed by atoms with Crippen molar-refractivity contribution < 1.29 is 5.11 Å². The first kappa shape index (κ1) is 13.4. The van der Waals surface area contributed by atoms with Gasteiger partial charge in [0.15, 0.2) is 0 Å². The number of aryl methyl sites for hydroxylation is 1. The summed E-state index contributed by atoms with van der Waals surface area (Å²) in [6.45, 7) is 6.26. The van der Waals surface area contributed by atoms with Gasteiger partial charge in [0.05, 0.1) is 0 Å². The van der Waals surface area contributed by atoms with Crippen LogP contribution < -0.4 is 0 Å². The van der Waals surface area contributed by atoms with Gasteiger partial charge in [-0.2, -0.15) is 0 Å². The molecule has 1 saturated carbocycles. The molecule has 1 aliphatic carbocycles. The van der Waals surface area contributed by atoms with Crippen LogP contribution >= 0.6 is 0 Å². The van der Waals surface area contributed by atoms with Gasteiger partial charge in [0.1, 0.15) is 5.75 Å². The summed E-state index contributed by atoms with van der Waals surface area (Å²) in [7, 11) is 0. The van der Waals surface area contributed by atoms with Crippen LogP contribution in [0.15, 0.2) is 18.2 Å². The summed E-state index contributed by atoms with van der Waals surface area (Å²) < 4.78 is 0. The Morgan fingerprint density at radius 2 is 1.94 bits per heavy atom. The maximum atomic E-state index is 9.95. The van der Waals surface area contributed by atoms with Gasteiger partial charge in [0.25, 0.3) is 0 Å². The number of hydrogen-bond acceptors (Lipinski definition) is 2. The lowest BCUT2D eigenvalue weighted by atomic mass is 9.93. The average molecular weight is 247 g/mol. The molecular formula is C16H25NO. The zero-order valence-electron chi connectivity index (χ0n) is 11.7. The van der Waals surface area contributed by atoms with Gasteiger partial charge in [0.2, 0.25) is 0 Å². The largest absolute Gasteiger partial charge is 0.508 e. The molecule has 1 aliphatic rings. The Morgan fingerprint density at radius 3 is 2.61 bits per heavy atom. The van der Waals surface area contributed by atoms with Crippen molar-refractivity contribution in [3.05, 3.63) is 29.3 Å². The predicted molar refractivity (Wildman–Crippen MR) is 75.8 cm³/mol. The van der Waals surface area contributed by atoms with Gasteiger partial charge in [-0.05, 0) is 32.4 Å². The van der Waals surface area contributed by atoms with E-state index in [2.05, 4.69) is 24.8 Å². The lowest BCUT2D eigenvalue weighted by molar-refractivity contribution is 0.154. The van der Waals surface area contributed by atoms with Gasteiger partial charge in [0, 0.05) is 18.2 Å². The van der Waals surface area contributed by atoms with Crippen LogP contribution in [0.2, 0.25) is 0 Å². The van der Waals surface area contributed by atoms with Crippen LogP contribution in [0.4, 0.5) is 0 Å². The Bertz CT molecular complexity index is 383. The van der Waals surface area contributed by atoms with E-state index in [1.54, 1.807) is 0 Å². The molecule has 0 amide bonds. The summed E-state index contributed by atoms with van der Waals surface area (Å²) in [5.74, 6) is 0.440. The summed E-state index contributed by atoms with van der Waals surface area (Å²) in [5.41, 5.74) is 2.30. The molecule has 1 fully saturated rings. The molecule has 2 heteroatoms. The SMILES string of the molecule is CCN(Cc1cc(C)ccc1O)C1CCCCC1. The molecule has 0 aliphatic heterocycles. The number of phenolic OH excluding ortho intramolecular Hbond substituents is 1. The molecule has 1 N–H and O–H groups in total. The first-order chi connectivity index (χ1) is 8.70. The Balaban J connectivity index is 2.06. The molecule has 2 nitrogen and oxygen atoms in total. The van der Waals surface area contributed by atoms with Crippen molar-refractivity contribution in [2.75, 3.05) is 6.54 Å². The van der Waals surface area contributed by atoms with Crippen LogP contribution in [0, 0.1) is 6.92 Å². The number of nitrogens with zero attached hydrogens (tertiary/aromatic N) is 1. The molecule has 18 heavy (non-hydrogen) atoms. The highest BCUT2D eigenvalue weighted by Crippen LogP contribution is 2.26. The van der Waals surface area contributed by atoms with E-state index in [0.717, 1.165) is 18.7 Å². The number of phenols is 1.